The maximum Gasteiger partial charge on any atom is 0.219 e. The van der Waals surface area contributed by atoms with E-state index in [4.69, 9.17) is 10.00 Å². The van der Waals surface area contributed by atoms with E-state index in [1.54, 1.807) is 12.1 Å². The molecule has 1 aromatic carbocycles. The Kier molecular flexibility index (Phi) is 4.18. The van der Waals surface area contributed by atoms with Crippen LogP contribution in [0.5, 0.6) is 11.6 Å². The fourth-order valence-electron chi connectivity index (χ4n) is 3.60. The van der Waals surface area contributed by atoms with E-state index in [1.807, 2.05) is 6.07 Å². The molecule has 2 aromatic rings. The Morgan fingerprint density at radius 2 is 2.04 bits per heavy atom. The number of rotatable bonds is 3. The molecule has 122 valence electrons. The van der Waals surface area contributed by atoms with Gasteiger partial charge >= 0.3 is 0 Å². The van der Waals surface area contributed by atoms with Crippen molar-refractivity contribution < 1.29 is 4.74 Å². The van der Waals surface area contributed by atoms with Crippen LogP contribution in [-0.2, 0) is 13.0 Å². The number of hydrogen-bond donors (Lipinski definition) is 1. The fraction of sp³-hybridized carbons (Fsp3) is 0.400. The number of nitrogens with one attached hydrogen (secondary N) is 1. The molecule has 1 aliphatic carbocycles. The first kappa shape index (κ1) is 15.2. The van der Waals surface area contributed by atoms with Crippen LogP contribution in [0.2, 0.25) is 0 Å². The average molecular weight is 319 g/mol. The van der Waals surface area contributed by atoms with Crippen LogP contribution < -0.4 is 10.1 Å². The Morgan fingerprint density at radius 3 is 2.75 bits per heavy atom. The molecule has 1 aromatic heterocycles. The summed E-state index contributed by atoms with van der Waals surface area (Å²) in [7, 11) is 0. The molecule has 4 nitrogen and oxygen atoms in total. The number of nitriles is 1. The summed E-state index contributed by atoms with van der Waals surface area (Å²) in [4.78, 5) is 4.17. The van der Waals surface area contributed by atoms with Gasteiger partial charge in [0, 0.05) is 24.8 Å². The van der Waals surface area contributed by atoms with Gasteiger partial charge in [0.2, 0.25) is 5.88 Å². The lowest BCUT2D eigenvalue weighted by molar-refractivity contribution is 0.221. The highest BCUT2D eigenvalue weighted by atomic mass is 16.5. The predicted octanol–water partition coefficient (Wildman–Crippen LogP) is 3.95. The highest BCUT2D eigenvalue weighted by Gasteiger charge is 2.28. The van der Waals surface area contributed by atoms with Crippen molar-refractivity contribution in [2.75, 3.05) is 0 Å². The Labute approximate surface area is 142 Å². The smallest absolute Gasteiger partial charge is 0.219 e. The molecular weight excluding hydrogens is 298 g/mol. The van der Waals surface area contributed by atoms with Crippen LogP contribution in [0.3, 0.4) is 0 Å². The van der Waals surface area contributed by atoms with Gasteiger partial charge in [-0.05, 0) is 60.9 Å². The summed E-state index contributed by atoms with van der Waals surface area (Å²) in [5.41, 5.74) is 3.28. The number of fused-ring (bicyclic) bond motifs is 1. The van der Waals surface area contributed by atoms with Crippen molar-refractivity contribution in [1.29, 1.82) is 5.26 Å². The van der Waals surface area contributed by atoms with E-state index in [2.05, 4.69) is 28.5 Å². The molecule has 0 bridgehead atoms. The summed E-state index contributed by atoms with van der Waals surface area (Å²) >= 11 is 0. The van der Waals surface area contributed by atoms with Crippen molar-refractivity contribution in [3.63, 3.8) is 0 Å². The zero-order valence-electron chi connectivity index (χ0n) is 13.7. The van der Waals surface area contributed by atoms with Gasteiger partial charge in [0.15, 0.2) is 0 Å². The molecule has 0 amide bonds. The summed E-state index contributed by atoms with van der Waals surface area (Å²) < 4.78 is 5.85. The molecule has 0 radical (unpaired) electrons. The van der Waals surface area contributed by atoms with Crippen LogP contribution >= 0.6 is 0 Å². The molecule has 0 saturated heterocycles. The molecule has 2 heterocycles. The lowest BCUT2D eigenvalue weighted by Crippen LogP contribution is -2.38. The quantitative estimate of drug-likeness (QED) is 0.930. The van der Waals surface area contributed by atoms with Crippen LogP contribution in [0.25, 0.3) is 0 Å². The molecule has 1 saturated carbocycles. The number of benzene rings is 1. The molecule has 1 N–H and O–H groups in total. The first-order chi connectivity index (χ1) is 11.8. The third kappa shape index (κ3) is 3.13. The summed E-state index contributed by atoms with van der Waals surface area (Å²) in [5, 5.41) is 12.6. The molecule has 1 unspecified atom stereocenters. The van der Waals surface area contributed by atoms with Crippen LogP contribution in [-0.4, -0.2) is 11.0 Å². The van der Waals surface area contributed by atoms with Gasteiger partial charge in [-0.1, -0.05) is 12.5 Å². The van der Waals surface area contributed by atoms with E-state index < -0.39 is 0 Å². The maximum absolute atomic E-state index is 8.82. The van der Waals surface area contributed by atoms with Gasteiger partial charge in [-0.25, -0.2) is 4.98 Å². The minimum Gasteiger partial charge on any atom is -0.439 e. The molecular formula is C20H21N3O. The Morgan fingerprint density at radius 1 is 1.12 bits per heavy atom. The van der Waals surface area contributed by atoms with Gasteiger partial charge in [0.1, 0.15) is 11.8 Å². The second kappa shape index (κ2) is 6.62. The van der Waals surface area contributed by atoms with Crippen molar-refractivity contribution in [2.24, 2.45) is 5.92 Å². The second-order valence-corrected chi connectivity index (χ2v) is 6.75. The third-order valence-electron chi connectivity index (χ3n) is 5.26. The highest BCUT2D eigenvalue weighted by Crippen LogP contribution is 2.34. The Hall–Kier alpha value is -2.38. The van der Waals surface area contributed by atoms with E-state index in [9.17, 15) is 0 Å². The SMILES string of the molecule is N#Cc1ccc(Oc2ccc3c(c2)CCC(C2CCC2)NC3)nc1. The fourth-order valence-corrected chi connectivity index (χ4v) is 3.60. The third-order valence-corrected chi connectivity index (χ3v) is 5.26. The minimum absolute atomic E-state index is 0.521. The van der Waals surface area contributed by atoms with Crippen molar-refractivity contribution >= 4 is 0 Å². The zero-order chi connectivity index (χ0) is 16.4. The van der Waals surface area contributed by atoms with E-state index in [0.717, 1.165) is 24.6 Å². The van der Waals surface area contributed by atoms with E-state index in [-0.39, 0.29) is 0 Å². The number of aromatic nitrogens is 1. The summed E-state index contributed by atoms with van der Waals surface area (Å²) in [6.07, 6.45) is 7.99. The maximum atomic E-state index is 8.82. The largest absolute Gasteiger partial charge is 0.439 e. The lowest BCUT2D eigenvalue weighted by atomic mass is 9.78. The van der Waals surface area contributed by atoms with Gasteiger partial charge in [0.05, 0.1) is 5.56 Å². The first-order valence-electron chi connectivity index (χ1n) is 8.71. The molecule has 1 fully saturated rings. The lowest BCUT2D eigenvalue weighted by Gasteiger charge is -2.33. The topological polar surface area (TPSA) is 57.9 Å². The van der Waals surface area contributed by atoms with Crippen LogP contribution in [0.1, 0.15) is 42.4 Å². The monoisotopic (exact) mass is 319 g/mol. The van der Waals surface area contributed by atoms with Crippen molar-refractivity contribution in [2.45, 2.75) is 44.7 Å². The van der Waals surface area contributed by atoms with Crippen LogP contribution in [0, 0.1) is 17.2 Å². The van der Waals surface area contributed by atoms with E-state index in [0.29, 0.717) is 17.5 Å². The molecule has 4 rings (SSSR count). The molecule has 2 aliphatic rings. The van der Waals surface area contributed by atoms with Crippen molar-refractivity contribution in [1.82, 2.24) is 10.3 Å². The van der Waals surface area contributed by atoms with Gasteiger partial charge in [-0.3, -0.25) is 0 Å². The average Bonchev–Trinajstić information content (AvgIpc) is 2.77. The molecule has 1 aliphatic heterocycles. The number of hydrogen-bond acceptors (Lipinski definition) is 4. The van der Waals surface area contributed by atoms with Crippen molar-refractivity contribution in [3.8, 4) is 17.7 Å². The second-order valence-electron chi connectivity index (χ2n) is 6.75. The van der Waals surface area contributed by atoms with Crippen LogP contribution in [0.15, 0.2) is 36.5 Å². The van der Waals surface area contributed by atoms with E-state index >= 15 is 0 Å². The number of ether oxygens (including phenoxy) is 1. The first-order valence-corrected chi connectivity index (χ1v) is 8.71. The highest BCUT2D eigenvalue weighted by molar-refractivity contribution is 5.39. The van der Waals surface area contributed by atoms with Gasteiger partial charge in [-0.15, -0.1) is 0 Å². The van der Waals surface area contributed by atoms with Crippen molar-refractivity contribution in [3.05, 3.63) is 53.2 Å². The Bertz CT molecular complexity index is 759. The van der Waals surface area contributed by atoms with Crippen LogP contribution in [0.4, 0.5) is 0 Å². The summed E-state index contributed by atoms with van der Waals surface area (Å²) in [5.74, 6) is 2.21. The van der Waals surface area contributed by atoms with E-state index in [1.165, 1.54) is 43.0 Å². The minimum atomic E-state index is 0.521. The van der Waals surface area contributed by atoms with Gasteiger partial charge < -0.3 is 10.1 Å². The zero-order valence-corrected chi connectivity index (χ0v) is 13.7. The molecule has 4 heteroatoms. The molecule has 1 atom stereocenters. The van der Waals surface area contributed by atoms with Gasteiger partial charge in [0.25, 0.3) is 0 Å². The Balaban J connectivity index is 1.47. The standard InChI is InChI=1S/C20H21N3O/c21-11-14-4-9-20(23-12-14)24-18-7-5-17-13-22-19(15-2-1-3-15)8-6-16(17)10-18/h4-5,7,9-10,12,15,19,22H,1-3,6,8,13H2. The summed E-state index contributed by atoms with van der Waals surface area (Å²) in [6.45, 7) is 0.950. The predicted molar refractivity (Wildman–Crippen MR) is 91.8 cm³/mol. The normalized spacial score (nSPS) is 20.4. The summed E-state index contributed by atoms with van der Waals surface area (Å²) in [6, 6.07) is 12.5. The van der Waals surface area contributed by atoms with Gasteiger partial charge in [-0.2, -0.15) is 5.26 Å². The number of pyridine rings is 1. The number of aryl methyl sites for hydroxylation is 1. The number of nitrogens with zero attached hydrogens (tertiary/aromatic N) is 2. The molecule has 24 heavy (non-hydrogen) atoms. The molecule has 0 spiro atoms.